The second-order valence-corrected chi connectivity index (χ2v) is 4.81. The largest absolute Gasteiger partial charge is 0.480 e. The molecule has 3 N–H and O–H groups in total. The number of hydrogen-bond donors (Lipinski definition) is 2. The second kappa shape index (κ2) is 5.97. The average Bonchev–Trinajstić information content (AvgIpc) is 2.23. The molecule has 1 aromatic carbocycles. The van der Waals surface area contributed by atoms with Gasteiger partial charge in [-0.1, -0.05) is 29.8 Å². The van der Waals surface area contributed by atoms with Crippen molar-refractivity contribution in [2.45, 2.75) is 20.0 Å². The van der Waals surface area contributed by atoms with E-state index in [1.165, 1.54) is 12.1 Å². The molecule has 0 saturated carbocycles. The fourth-order valence-corrected chi connectivity index (χ4v) is 1.76. The van der Waals surface area contributed by atoms with E-state index >= 15 is 0 Å². The molecule has 0 saturated heterocycles. The molecule has 0 aromatic heterocycles. The van der Waals surface area contributed by atoms with Gasteiger partial charge in [0.15, 0.2) is 6.10 Å². The summed E-state index contributed by atoms with van der Waals surface area (Å²) >= 11 is 3.15. The molecule has 4 nitrogen and oxygen atoms in total. The van der Waals surface area contributed by atoms with Crippen LogP contribution in [0.4, 0.5) is 4.39 Å². The Hall–Kier alpha value is -1.14. The first kappa shape index (κ1) is 13.9. The van der Waals surface area contributed by atoms with Crippen LogP contribution in [-0.2, 0) is 4.79 Å². The Bertz CT molecular complexity index is 392. The predicted octanol–water partition coefficient (Wildman–Crippen LogP) is 1.98. The zero-order valence-corrected chi connectivity index (χ0v) is 11.1. The molecular formula is C11H14BrFN2O2. The van der Waals surface area contributed by atoms with Crippen LogP contribution in [0.15, 0.2) is 22.7 Å². The summed E-state index contributed by atoms with van der Waals surface area (Å²) < 4.78 is 19.1. The maximum Gasteiger partial charge on any atom is 0.275 e. The number of rotatable bonds is 4. The summed E-state index contributed by atoms with van der Waals surface area (Å²) in [5.41, 5.74) is 2.03. The molecule has 0 heterocycles. The van der Waals surface area contributed by atoms with Crippen LogP contribution in [0.3, 0.4) is 0 Å². The molecule has 0 aliphatic carbocycles. The van der Waals surface area contributed by atoms with Gasteiger partial charge in [-0.2, -0.15) is 0 Å². The normalized spacial score (nSPS) is 12.4. The fraction of sp³-hybridized carbons (Fsp3) is 0.364. The Labute approximate surface area is 107 Å². The first-order chi connectivity index (χ1) is 7.93. The molecule has 1 amide bonds. The van der Waals surface area contributed by atoms with Crippen LogP contribution in [0.25, 0.3) is 0 Å². The highest BCUT2D eigenvalue weighted by molar-refractivity contribution is 9.10. The minimum Gasteiger partial charge on any atom is -0.480 e. The van der Waals surface area contributed by atoms with Crippen molar-refractivity contribution in [3.8, 4) is 5.75 Å². The molecule has 0 spiro atoms. The van der Waals surface area contributed by atoms with Crippen LogP contribution in [0.2, 0.25) is 0 Å². The number of halogens is 2. The maximum atomic E-state index is 13.1. The zero-order chi connectivity index (χ0) is 13.0. The molecule has 0 bridgehead atoms. The van der Waals surface area contributed by atoms with E-state index in [9.17, 15) is 9.18 Å². The van der Waals surface area contributed by atoms with Gasteiger partial charge >= 0.3 is 0 Å². The number of amides is 1. The molecule has 17 heavy (non-hydrogen) atoms. The summed E-state index contributed by atoms with van der Waals surface area (Å²) in [6.45, 7) is 3.63. The molecule has 0 fully saturated rings. The topological polar surface area (TPSA) is 64.3 Å². The monoisotopic (exact) mass is 304 g/mol. The third-order valence-corrected chi connectivity index (χ3v) is 2.56. The summed E-state index contributed by atoms with van der Waals surface area (Å²) in [5.74, 6) is 4.37. The van der Waals surface area contributed by atoms with Crippen molar-refractivity contribution >= 4 is 21.8 Å². The molecule has 0 aliphatic heterocycles. The quantitative estimate of drug-likeness (QED) is 0.508. The van der Waals surface area contributed by atoms with Crippen molar-refractivity contribution in [3.05, 3.63) is 28.5 Å². The number of ether oxygens (including phenoxy) is 1. The van der Waals surface area contributed by atoms with Crippen LogP contribution in [0, 0.1) is 11.7 Å². The molecule has 1 unspecified atom stereocenters. The smallest absolute Gasteiger partial charge is 0.275 e. The predicted molar refractivity (Wildman–Crippen MR) is 65.7 cm³/mol. The minimum atomic E-state index is -0.756. The lowest BCUT2D eigenvalue weighted by Crippen LogP contribution is -2.44. The fourth-order valence-electron chi connectivity index (χ4n) is 1.32. The summed E-state index contributed by atoms with van der Waals surface area (Å²) in [5, 5.41) is 0. The van der Waals surface area contributed by atoms with Crippen molar-refractivity contribution in [1.82, 2.24) is 5.43 Å². The number of carbonyl (C=O) groups is 1. The highest BCUT2D eigenvalue weighted by Gasteiger charge is 2.23. The first-order valence-electron chi connectivity index (χ1n) is 5.07. The highest BCUT2D eigenvalue weighted by atomic mass is 79.9. The van der Waals surface area contributed by atoms with E-state index < -0.39 is 17.8 Å². The van der Waals surface area contributed by atoms with Crippen molar-refractivity contribution in [1.29, 1.82) is 0 Å². The van der Waals surface area contributed by atoms with E-state index in [1.807, 2.05) is 19.3 Å². The van der Waals surface area contributed by atoms with Gasteiger partial charge in [0.25, 0.3) is 5.91 Å². The summed E-state index contributed by atoms with van der Waals surface area (Å²) in [6.07, 6.45) is -0.756. The SMILES string of the molecule is CC(C)C(Oc1cc(F)cc(Br)c1)C(=O)NN. The zero-order valence-electron chi connectivity index (χ0n) is 9.54. The highest BCUT2D eigenvalue weighted by Crippen LogP contribution is 2.23. The molecule has 1 aromatic rings. The van der Waals surface area contributed by atoms with E-state index in [4.69, 9.17) is 10.6 Å². The number of hydrogen-bond acceptors (Lipinski definition) is 3. The molecule has 1 atom stereocenters. The van der Waals surface area contributed by atoms with Crippen LogP contribution >= 0.6 is 15.9 Å². The van der Waals surface area contributed by atoms with Gasteiger partial charge in [0.2, 0.25) is 0 Å². The second-order valence-electron chi connectivity index (χ2n) is 3.90. The van der Waals surface area contributed by atoms with E-state index in [0.717, 1.165) is 0 Å². The lowest BCUT2D eigenvalue weighted by atomic mass is 10.1. The minimum absolute atomic E-state index is 0.0828. The summed E-state index contributed by atoms with van der Waals surface area (Å²) in [7, 11) is 0. The first-order valence-corrected chi connectivity index (χ1v) is 5.86. The molecule has 1 rings (SSSR count). The number of benzene rings is 1. The van der Waals surface area contributed by atoms with E-state index in [-0.39, 0.29) is 11.7 Å². The van der Waals surface area contributed by atoms with Crippen molar-refractivity contribution in [2.75, 3.05) is 0 Å². The van der Waals surface area contributed by atoms with E-state index in [2.05, 4.69) is 15.9 Å². The summed E-state index contributed by atoms with van der Waals surface area (Å²) in [4.78, 5) is 11.5. The van der Waals surface area contributed by atoms with Gasteiger partial charge in [-0.05, 0) is 18.1 Å². The molecule has 6 heteroatoms. The van der Waals surface area contributed by atoms with Crippen molar-refractivity contribution in [2.24, 2.45) is 11.8 Å². The third-order valence-electron chi connectivity index (χ3n) is 2.11. The van der Waals surface area contributed by atoms with Crippen LogP contribution in [-0.4, -0.2) is 12.0 Å². The Balaban J connectivity index is 2.89. The van der Waals surface area contributed by atoms with Crippen LogP contribution in [0.5, 0.6) is 5.75 Å². The molecular weight excluding hydrogens is 291 g/mol. The standard InChI is InChI=1S/C11H14BrFN2O2/c1-6(2)10(11(16)15-14)17-9-4-7(12)3-8(13)5-9/h3-6,10H,14H2,1-2H3,(H,15,16). The van der Waals surface area contributed by atoms with E-state index in [1.54, 1.807) is 6.07 Å². The van der Waals surface area contributed by atoms with Gasteiger partial charge in [0.05, 0.1) is 0 Å². The Morgan fingerprint density at radius 1 is 1.47 bits per heavy atom. The van der Waals surface area contributed by atoms with E-state index in [0.29, 0.717) is 4.47 Å². The number of nitrogens with two attached hydrogens (primary N) is 1. The molecule has 0 aliphatic rings. The number of hydrazine groups is 1. The van der Waals surface area contributed by atoms with Gasteiger partial charge in [0, 0.05) is 10.5 Å². The Morgan fingerprint density at radius 3 is 2.59 bits per heavy atom. The van der Waals surface area contributed by atoms with Crippen molar-refractivity contribution < 1.29 is 13.9 Å². The third kappa shape index (κ3) is 3.98. The lowest BCUT2D eigenvalue weighted by molar-refractivity contribution is -0.129. The van der Waals surface area contributed by atoms with Gasteiger partial charge < -0.3 is 4.74 Å². The molecule has 94 valence electrons. The lowest BCUT2D eigenvalue weighted by Gasteiger charge is -2.20. The maximum absolute atomic E-state index is 13.1. The van der Waals surface area contributed by atoms with Gasteiger partial charge in [0.1, 0.15) is 11.6 Å². The number of nitrogens with one attached hydrogen (secondary N) is 1. The molecule has 0 radical (unpaired) electrons. The van der Waals surface area contributed by atoms with Crippen LogP contribution < -0.4 is 16.0 Å². The van der Waals surface area contributed by atoms with Gasteiger partial charge in [-0.3, -0.25) is 10.2 Å². The average molecular weight is 305 g/mol. The summed E-state index contributed by atoms with van der Waals surface area (Å²) in [6, 6.07) is 4.10. The van der Waals surface area contributed by atoms with Gasteiger partial charge in [-0.25, -0.2) is 10.2 Å². The van der Waals surface area contributed by atoms with Crippen LogP contribution in [0.1, 0.15) is 13.8 Å². The Kier molecular flexibility index (Phi) is 4.89. The van der Waals surface area contributed by atoms with Gasteiger partial charge in [-0.15, -0.1) is 0 Å². The Morgan fingerprint density at radius 2 is 2.12 bits per heavy atom. The van der Waals surface area contributed by atoms with Crippen molar-refractivity contribution in [3.63, 3.8) is 0 Å². The number of carbonyl (C=O) groups excluding carboxylic acids is 1.